The third-order valence-corrected chi connectivity index (χ3v) is 0.481. The quantitative estimate of drug-likeness (QED) is 0.387. The Kier molecular flexibility index (Phi) is 2.55. The largest absolute Gasteiger partial charge is 0.268 e. The average Bonchev–Trinajstić information content (AvgIpc) is 1.35. The van der Waals surface area contributed by atoms with Crippen molar-refractivity contribution >= 4 is 6.21 Å². The van der Waals surface area contributed by atoms with Gasteiger partial charge in [-0.25, -0.2) is 0 Å². The van der Waals surface area contributed by atoms with Crippen molar-refractivity contribution in [2.75, 3.05) is 0 Å². The summed E-state index contributed by atoms with van der Waals surface area (Å²) in [6, 6.07) is 0. The molecule has 0 atom stereocenters. The number of nitrogens with one attached hydrogen (secondary N) is 1. The molecular formula is C5H10N+. The Bertz CT molecular complexity index is 39.2. The first-order chi connectivity index (χ1) is 2.77. The molecule has 0 fully saturated rings. The molecule has 6 heavy (non-hydrogen) atoms. The van der Waals surface area contributed by atoms with Crippen molar-refractivity contribution in [3.63, 3.8) is 0 Å². The lowest BCUT2D eigenvalue weighted by atomic mass is 10.2. The third kappa shape index (κ3) is 3.54. The Labute approximate surface area is 38.9 Å². The molecule has 1 heteroatoms. The van der Waals surface area contributed by atoms with Gasteiger partial charge in [-0.3, -0.25) is 5.41 Å². The monoisotopic (exact) mass is 84.1 g/mol. The topological polar surface area (TPSA) is 23.9 Å². The molecule has 0 aliphatic rings. The first-order valence-corrected chi connectivity index (χ1v) is 2.11. The smallest absolute Gasteiger partial charge is 0.177 e. The summed E-state index contributed by atoms with van der Waals surface area (Å²) in [4.78, 5) is 0. The Morgan fingerprint density at radius 1 is 1.67 bits per heavy atom. The highest BCUT2D eigenvalue weighted by molar-refractivity contribution is 5.64. The van der Waals surface area contributed by atoms with E-state index in [0.29, 0.717) is 5.92 Å². The number of rotatable bonds is 2. The van der Waals surface area contributed by atoms with Crippen molar-refractivity contribution in [1.82, 2.24) is 0 Å². The van der Waals surface area contributed by atoms with Gasteiger partial charge in [0, 0.05) is 0 Å². The predicted molar refractivity (Wildman–Crippen MR) is 27.9 cm³/mol. The van der Waals surface area contributed by atoms with Gasteiger partial charge in [-0.2, -0.15) is 0 Å². The van der Waals surface area contributed by atoms with E-state index in [4.69, 9.17) is 5.41 Å². The Balaban J connectivity index is 2.81. The van der Waals surface area contributed by atoms with Crippen molar-refractivity contribution in [2.24, 2.45) is 5.92 Å². The van der Waals surface area contributed by atoms with Crippen molar-refractivity contribution in [1.29, 1.82) is 5.41 Å². The second-order valence-corrected chi connectivity index (χ2v) is 1.60. The fourth-order valence-corrected chi connectivity index (χ4v) is 0.192. The molecule has 0 bridgehead atoms. The molecule has 0 aromatic heterocycles. The lowest BCUT2D eigenvalue weighted by molar-refractivity contribution is 0.800. The molecule has 0 rings (SSSR count). The maximum absolute atomic E-state index is 6.55. The maximum atomic E-state index is 6.55. The van der Waals surface area contributed by atoms with Crippen LogP contribution in [-0.2, 0) is 0 Å². The van der Waals surface area contributed by atoms with Crippen LogP contribution >= 0.6 is 0 Å². The van der Waals surface area contributed by atoms with Gasteiger partial charge in [-0.15, -0.1) is 0 Å². The lowest BCUT2D eigenvalue weighted by Gasteiger charge is -1.79. The Morgan fingerprint density at radius 2 is 2.17 bits per heavy atom. The van der Waals surface area contributed by atoms with E-state index in [0.717, 1.165) is 0 Å². The van der Waals surface area contributed by atoms with Crippen LogP contribution < -0.4 is 0 Å². The SMILES string of the molecule is CC(C)[CH+]C=N. The van der Waals surface area contributed by atoms with Gasteiger partial charge in [0.25, 0.3) is 0 Å². The highest BCUT2D eigenvalue weighted by atomic mass is 14.3. The minimum atomic E-state index is 0.530. The molecule has 0 amide bonds. The van der Waals surface area contributed by atoms with Crippen LogP contribution in [0, 0.1) is 17.7 Å². The van der Waals surface area contributed by atoms with Crippen molar-refractivity contribution in [2.45, 2.75) is 13.8 Å². The molecule has 0 aromatic carbocycles. The van der Waals surface area contributed by atoms with Gasteiger partial charge >= 0.3 is 0 Å². The molecule has 0 aliphatic carbocycles. The van der Waals surface area contributed by atoms with Gasteiger partial charge in [0.2, 0.25) is 0 Å². The Morgan fingerprint density at radius 3 is 2.17 bits per heavy atom. The summed E-state index contributed by atoms with van der Waals surface area (Å²) in [5, 5.41) is 6.55. The fourth-order valence-electron chi connectivity index (χ4n) is 0.192. The van der Waals surface area contributed by atoms with E-state index in [-0.39, 0.29) is 0 Å². The molecule has 0 aliphatic heterocycles. The lowest BCUT2D eigenvalue weighted by Crippen LogP contribution is -1.85. The second-order valence-electron chi connectivity index (χ2n) is 1.60. The fraction of sp³-hybridized carbons (Fsp3) is 0.600. The van der Waals surface area contributed by atoms with E-state index in [9.17, 15) is 0 Å². The Hall–Kier alpha value is -0.460. The minimum absolute atomic E-state index is 0.530. The molecule has 0 saturated carbocycles. The minimum Gasteiger partial charge on any atom is -0.268 e. The number of hydrogen-bond acceptors (Lipinski definition) is 1. The first kappa shape index (κ1) is 5.54. The molecule has 34 valence electrons. The zero-order valence-electron chi connectivity index (χ0n) is 4.23. The van der Waals surface area contributed by atoms with Crippen molar-refractivity contribution in [3.8, 4) is 0 Å². The van der Waals surface area contributed by atoms with E-state index in [1.807, 2.05) is 20.3 Å². The molecule has 0 heterocycles. The molecule has 1 nitrogen and oxygen atoms in total. The molecular weight excluding hydrogens is 74.1 g/mol. The van der Waals surface area contributed by atoms with E-state index in [1.54, 1.807) is 0 Å². The summed E-state index contributed by atoms with van der Waals surface area (Å²) in [5.74, 6) is 0.530. The van der Waals surface area contributed by atoms with E-state index in [1.165, 1.54) is 6.21 Å². The third-order valence-electron chi connectivity index (χ3n) is 0.481. The van der Waals surface area contributed by atoms with Gasteiger partial charge in [0.05, 0.1) is 5.92 Å². The summed E-state index contributed by atoms with van der Waals surface area (Å²) in [5.41, 5.74) is 0. The van der Waals surface area contributed by atoms with Gasteiger partial charge in [-0.05, 0) is 13.8 Å². The van der Waals surface area contributed by atoms with Gasteiger partial charge in [0.1, 0.15) is 6.42 Å². The summed E-state index contributed by atoms with van der Waals surface area (Å²) >= 11 is 0. The van der Waals surface area contributed by atoms with Crippen LogP contribution in [0.5, 0.6) is 0 Å². The van der Waals surface area contributed by atoms with Crippen LogP contribution in [0.2, 0.25) is 0 Å². The molecule has 0 unspecified atom stereocenters. The summed E-state index contributed by atoms with van der Waals surface area (Å²) in [7, 11) is 0. The van der Waals surface area contributed by atoms with Crippen LogP contribution in [0.25, 0.3) is 0 Å². The van der Waals surface area contributed by atoms with E-state index in [2.05, 4.69) is 0 Å². The van der Waals surface area contributed by atoms with Crippen molar-refractivity contribution in [3.05, 3.63) is 6.42 Å². The van der Waals surface area contributed by atoms with Crippen LogP contribution in [0.4, 0.5) is 0 Å². The first-order valence-electron chi connectivity index (χ1n) is 2.11. The summed E-state index contributed by atoms with van der Waals surface area (Å²) < 4.78 is 0. The standard InChI is InChI=1S/C5H10N/c1-5(2)3-4-6/h3-6H,1-2H3/q+1. The van der Waals surface area contributed by atoms with Crippen LogP contribution in [0.15, 0.2) is 0 Å². The van der Waals surface area contributed by atoms with Gasteiger partial charge in [-0.1, -0.05) is 0 Å². The predicted octanol–water partition coefficient (Wildman–Crippen LogP) is 1.50. The molecule has 0 saturated heterocycles. The van der Waals surface area contributed by atoms with Crippen LogP contribution in [0.1, 0.15) is 13.8 Å². The number of hydrogen-bond donors (Lipinski definition) is 1. The van der Waals surface area contributed by atoms with Crippen LogP contribution in [0.3, 0.4) is 0 Å². The maximum Gasteiger partial charge on any atom is 0.177 e. The zero-order chi connectivity index (χ0) is 4.99. The van der Waals surface area contributed by atoms with Crippen molar-refractivity contribution < 1.29 is 0 Å². The summed E-state index contributed by atoms with van der Waals surface area (Å²) in [6.45, 7) is 4.09. The van der Waals surface area contributed by atoms with E-state index >= 15 is 0 Å². The highest BCUT2D eigenvalue weighted by Gasteiger charge is 1.96. The van der Waals surface area contributed by atoms with Gasteiger partial charge < -0.3 is 0 Å². The van der Waals surface area contributed by atoms with Gasteiger partial charge in [0.15, 0.2) is 6.21 Å². The molecule has 0 radical (unpaired) electrons. The molecule has 0 aromatic rings. The second kappa shape index (κ2) is 2.76. The van der Waals surface area contributed by atoms with E-state index < -0.39 is 0 Å². The average molecular weight is 84.1 g/mol. The van der Waals surface area contributed by atoms with Crippen LogP contribution in [-0.4, -0.2) is 6.21 Å². The summed E-state index contributed by atoms with van der Waals surface area (Å²) in [6.07, 6.45) is 3.16. The molecule has 0 spiro atoms. The normalized spacial score (nSPS) is 8.50. The molecule has 1 N–H and O–H groups in total. The zero-order valence-corrected chi connectivity index (χ0v) is 4.23. The highest BCUT2D eigenvalue weighted by Crippen LogP contribution is 1.91.